The van der Waals surface area contributed by atoms with Crippen molar-refractivity contribution >= 4 is 17.9 Å². The smallest absolute Gasteiger partial charge is 0.306 e. The van der Waals surface area contributed by atoms with Gasteiger partial charge in [0.25, 0.3) is 0 Å². The first-order chi connectivity index (χ1) is 40.5. The Bertz CT molecular complexity index is 1460. The number of carbonyl (C=O) groups excluding carboxylic acids is 3. The number of hydrogen-bond donors (Lipinski definition) is 0. The van der Waals surface area contributed by atoms with Gasteiger partial charge in [-0.05, 0) is 57.8 Å². The summed E-state index contributed by atoms with van der Waals surface area (Å²) in [5.41, 5.74) is 0. The van der Waals surface area contributed by atoms with Crippen molar-refractivity contribution < 1.29 is 28.6 Å². The third-order valence-corrected chi connectivity index (χ3v) is 16.3. The number of unbranched alkanes of at least 4 members (excludes halogenated alkanes) is 46. The molecule has 0 saturated carbocycles. The number of ether oxygens (including phenoxy) is 3. The van der Waals surface area contributed by atoms with Gasteiger partial charge in [0.1, 0.15) is 13.2 Å². The number of rotatable bonds is 67. The van der Waals surface area contributed by atoms with Crippen molar-refractivity contribution in [2.75, 3.05) is 13.2 Å². The lowest BCUT2D eigenvalue weighted by Gasteiger charge is -2.18. The van der Waals surface area contributed by atoms with E-state index in [1.54, 1.807) is 0 Å². The molecular formula is C76H138O6. The molecule has 0 amide bonds. The summed E-state index contributed by atoms with van der Waals surface area (Å²) in [6.07, 6.45) is 91.5. The predicted molar refractivity (Wildman–Crippen MR) is 358 cm³/mol. The van der Waals surface area contributed by atoms with Crippen LogP contribution in [0.3, 0.4) is 0 Å². The summed E-state index contributed by atoms with van der Waals surface area (Å²) >= 11 is 0. The zero-order valence-corrected chi connectivity index (χ0v) is 55.0. The molecule has 0 rings (SSSR count). The predicted octanol–water partition coefficient (Wildman–Crippen LogP) is 25.1. The van der Waals surface area contributed by atoms with Gasteiger partial charge in [0, 0.05) is 19.3 Å². The highest BCUT2D eigenvalue weighted by atomic mass is 16.6. The topological polar surface area (TPSA) is 78.9 Å². The molecule has 82 heavy (non-hydrogen) atoms. The number of carbonyl (C=O) groups is 3. The quantitative estimate of drug-likeness (QED) is 0.0261. The van der Waals surface area contributed by atoms with Crippen molar-refractivity contribution in [1.29, 1.82) is 0 Å². The Labute approximate surface area is 510 Å². The maximum absolute atomic E-state index is 12.9. The van der Waals surface area contributed by atoms with Crippen molar-refractivity contribution in [2.24, 2.45) is 0 Å². The Morgan fingerprint density at radius 3 is 0.732 bits per heavy atom. The van der Waals surface area contributed by atoms with Crippen molar-refractivity contribution in [3.63, 3.8) is 0 Å². The van der Waals surface area contributed by atoms with Crippen LogP contribution in [0, 0.1) is 0 Å². The van der Waals surface area contributed by atoms with Crippen LogP contribution >= 0.6 is 0 Å². The highest BCUT2D eigenvalue weighted by Crippen LogP contribution is 2.19. The van der Waals surface area contributed by atoms with E-state index in [2.05, 4.69) is 81.5 Å². The zero-order chi connectivity index (χ0) is 59.2. The van der Waals surface area contributed by atoms with Crippen molar-refractivity contribution in [1.82, 2.24) is 0 Å². The fourth-order valence-corrected chi connectivity index (χ4v) is 10.9. The number of esters is 3. The third kappa shape index (κ3) is 67.9. The highest BCUT2D eigenvalue weighted by molar-refractivity contribution is 5.71. The largest absolute Gasteiger partial charge is 0.462 e. The van der Waals surface area contributed by atoms with Crippen molar-refractivity contribution in [3.05, 3.63) is 60.8 Å². The molecule has 6 nitrogen and oxygen atoms in total. The van der Waals surface area contributed by atoms with Crippen LogP contribution in [0.25, 0.3) is 0 Å². The first kappa shape index (κ1) is 79.1. The van der Waals surface area contributed by atoms with Gasteiger partial charge >= 0.3 is 17.9 Å². The molecule has 0 aromatic rings. The molecule has 1 unspecified atom stereocenters. The van der Waals surface area contributed by atoms with Gasteiger partial charge in [-0.15, -0.1) is 0 Å². The van der Waals surface area contributed by atoms with Crippen LogP contribution in [0.5, 0.6) is 0 Å². The summed E-state index contributed by atoms with van der Waals surface area (Å²) < 4.78 is 16.9. The molecule has 0 saturated heterocycles. The molecule has 0 N–H and O–H groups in total. The maximum atomic E-state index is 12.9. The summed E-state index contributed by atoms with van der Waals surface area (Å²) in [6, 6.07) is 0. The average Bonchev–Trinajstić information content (AvgIpc) is 3.47. The van der Waals surface area contributed by atoms with E-state index >= 15 is 0 Å². The van der Waals surface area contributed by atoms with Crippen LogP contribution in [-0.4, -0.2) is 37.2 Å². The first-order valence-corrected chi connectivity index (χ1v) is 36.3. The van der Waals surface area contributed by atoms with Crippen LogP contribution in [-0.2, 0) is 28.6 Å². The fourth-order valence-electron chi connectivity index (χ4n) is 10.9. The van der Waals surface area contributed by atoms with E-state index in [-0.39, 0.29) is 37.5 Å². The molecule has 6 heteroatoms. The summed E-state index contributed by atoms with van der Waals surface area (Å²) in [4.78, 5) is 38.3. The molecule has 0 radical (unpaired) electrons. The normalized spacial score (nSPS) is 12.4. The van der Waals surface area contributed by atoms with Crippen LogP contribution in [0.2, 0.25) is 0 Å². The standard InChI is InChI=1S/C76H138O6/c1-4-7-10-13-16-19-22-25-27-29-30-31-32-33-34-35-36-37-38-39-40-41-42-43-44-45-47-48-51-54-57-60-63-66-69-75(78)81-72-73(71-80-74(77)68-65-62-59-56-53-50-24-21-18-15-12-9-6-3)82-76(79)70-67-64-61-58-55-52-49-46-28-26-23-20-17-14-11-8-5-2/h8,11,17,20,26,28,49,52,58,61,73H,4-7,9-10,12-16,18-19,21-25,27,29-48,50-51,53-57,59-60,62-72H2,1-3H3/b11-8-,20-17-,28-26-,52-49-,61-58-. The summed E-state index contributed by atoms with van der Waals surface area (Å²) in [5, 5.41) is 0. The van der Waals surface area contributed by atoms with Crippen molar-refractivity contribution in [2.45, 2.75) is 393 Å². The molecule has 1 atom stereocenters. The lowest BCUT2D eigenvalue weighted by molar-refractivity contribution is -0.167. The summed E-state index contributed by atoms with van der Waals surface area (Å²) in [6.45, 7) is 6.54. The molecule has 0 aliphatic carbocycles. The second-order valence-corrected chi connectivity index (χ2v) is 24.5. The van der Waals surface area contributed by atoms with E-state index < -0.39 is 6.10 Å². The van der Waals surface area contributed by atoms with Gasteiger partial charge in [-0.2, -0.15) is 0 Å². The average molecular weight is 1150 g/mol. The van der Waals surface area contributed by atoms with Crippen LogP contribution in [0.4, 0.5) is 0 Å². The minimum Gasteiger partial charge on any atom is -0.462 e. The highest BCUT2D eigenvalue weighted by Gasteiger charge is 2.19. The van der Waals surface area contributed by atoms with Gasteiger partial charge < -0.3 is 14.2 Å². The Morgan fingerprint density at radius 2 is 0.476 bits per heavy atom. The molecular weight excluding hydrogens is 1010 g/mol. The van der Waals surface area contributed by atoms with E-state index in [0.717, 1.165) is 77.0 Å². The minimum absolute atomic E-state index is 0.0922. The molecule has 0 heterocycles. The summed E-state index contributed by atoms with van der Waals surface area (Å²) in [5.74, 6) is -0.929. The van der Waals surface area contributed by atoms with Gasteiger partial charge in [0.05, 0.1) is 0 Å². The first-order valence-electron chi connectivity index (χ1n) is 36.3. The Hall–Kier alpha value is -2.89. The van der Waals surface area contributed by atoms with E-state index in [4.69, 9.17) is 14.2 Å². The van der Waals surface area contributed by atoms with Gasteiger partial charge in [0.15, 0.2) is 6.10 Å². The molecule has 478 valence electrons. The molecule has 0 spiro atoms. The Balaban J connectivity index is 4.12. The second kappa shape index (κ2) is 70.6. The SMILES string of the molecule is CC/C=C\C/C=C\C/C=C\C/C=C\C/C=C\CCCC(=O)OC(COC(=O)CCCCCCCCCCCCCCC)COC(=O)CCCCCCCCCCCCCCCCCCCCCCCCCCCCCCCCCCCC. The van der Waals surface area contributed by atoms with Gasteiger partial charge in [-0.3, -0.25) is 14.4 Å². The van der Waals surface area contributed by atoms with E-state index in [0.29, 0.717) is 19.3 Å². The monoisotopic (exact) mass is 1150 g/mol. The van der Waals surface area contributed by atoms with Gasteiger partial charge in [-0.1, -0.05) is 370 Å². The van der Waals surface area contributed by atoms with Crippen LogP contribution < -0.4 is 0 Å². The van der Waals surface area contributed by atoms with Gasteiger partial charge in [-0.25, -0.2) is 0 Å². The zero-order valence-electron chi connectivity index (χ0n) is 55.0. The molecule has 0 aliphatic rings. The molecule has 0 aromatic carbocycles. The van der Waals surface area contributed by atoms with E-state index in [1.807, 2.05) is 0 Å². The second-order valence-electron chi connectivity index (χ2n) is 24.5. The minimum atomic E-state index is -0.802. The van der Waals surface area contributed by atoms with E-state index in [9.17, 15) is 14.4 Å². The van der Waals surface area contributed by atoms with Crippen LogP contribution in [0.1, 0.15) is 387 Å². The number of hydrogen-bond acceptors (Lipinski definition) is 6. The van der Waals surface area contributed by atoms with E-state index in [1.165, 1.54) is 263 Å². The Morgan fingerprint density at radius 1 is 0.256 bits per heavy atom. The van der Waals surface area contributed by atoms with Crippen LogP contribution in [0.15, 0.2) is 60.8 Å². The Kier molecular flexibility index (Phi) is 68.1. The molecule has 0 aromatic heterocycles. The van der Waals surface area contributed by atoms with Gasteiger partial charge in [0.2, 0.25) is 0 Å². The third-order valence-electron chi connectivity index (χ3n) is 16.3. The lowest BCUT2D eigenvalue weighted by atomic mass is 10.0. The molecule has 0 fully saturated rings. The molecule has 0 aliphatic heterocycles. The fraction of sp³-hybridized carbons (Fsp3) is 0.829. The summed E-state index contributed by atoms with van der Waals surface area (Å²) in [7, 11) is 0. The molecule has 0 bridgehead atoms. The van der Waals surface area contributed by atoms with Crippen molar-refractivity contribution in [3.8, 4) is 0 Å². The lowest BCUT2D eigenvalue weighted by Crippen LogP contribution is -2.30. The number of allylic oxidation sites excluding steroid dienone is 10. The maximum Gasteiger partial charge on any atom is 0.306 e.